The first-order chi connectivity index (χ1) is 13.3. The second-order valence-corrected chi connectivity index (χ2v) is 7.09. The van der Waals surface area contributed by atoms with Gasteiger partial charge < -0.3 is 19.9 Å². The molecule has 0 radical (unpaired) electrons. The fourth-order valence-electron chi connectivity index (χ4n) is 3.80. The van der Waals surface area contributed by atoms with Crippen LogP contribution < -0.4 is 10.2 Å². The second-order valence-electron chi connectivity index (χ2n) is 7.09. The van der Waals surface area contributed by atoms with Crippen LogP contribution in [-0.4, -0.2) is 67.4 Å². The van der Waals surface area contributed by atoms with Gasteiger partial charge in [-0.25, -0.2) is 9.37 Å². The number of anilines is 2. The summed E-state index contributed by atoms with van der Waals surface area (Å²) < 4.78 is 19.4. The summed E-state index contributed by atoms with van der Waals surface area (Å²) in [5.74, 6) is 1.08. The van der Waals surface area contributed by atoms with E-state index < -0.39 is 0 Å². The van der Waals surface area contributed by atoms with Crippen molar-refractivity contribution in [2.75, 3.05) is 62.7 Å². The number of morpholine rings is 1. The van der Waals surface area contributed by atoms with E-state index in [1.165, 1.54) is 18.2 Å². The Hall–Kier alpha value is -2.25. The van der Waals surface area contributed by atoms with E-state index in [-0.39, 0.29) is 5.82 Å². The van der Waals surface area contributed by atoms with Crippen molar-refractivity contribution in [2.45, 2.75) is 12.3 Å². The molecule has 0 saturated carbocycles. The van der Waals surface area contributed by atoms with E-state index in [1.807, 2.05) is 4.90 Å². The molecule has 1 atom stereocenters. The SMILES string of the molecule is Fc1cnc(NCCN2CCC(c3ccccc3)C2)nc1N1CCOCC1. The van der Waals surface area contributed by atoms with Gasteiger partial charge in [-0.1, -0.05) is 30.3 Å². The number of halogens is 1. The Kier molecular flexibility index (Phi) is 5.79. The summed E-state index contributed by atoms with van der Waals surface area (Å²) in [7, 11) is 0. The summed E-state index contributed by atoms with van der Waals surface area (Å²) in [6, 6.07) is 10.7. The molecule has 144 valence electrons. The highest BCUT2D eigenvalue weighted by molar-refractivity contribution is 5.44. The highest BCUT2D eigenvalue weighted by Gasteiger charge is 2.23. The zero-order chi connectivity index (χ0) is 18.5. The van der Waals surface area contributed by atoms with Crippen LogP contribution in [0.15, 0.2) is 36.5 Å². The number of ether oxygens (including phenoxy) is 1. The highest BCUT2D eigenvalue weighted by Crippen LogP contribution is 2.26. The molecule has 3 heterocycles. The Labute approximate surface area is 159 Å². The third-order valence-corrected chi connectivity index (χ3v) is 5.29. The number of hydrogen-bond acceptors (Lipinski definition) is 6. The number of rotatable bonds is 6. The minimum Gasteiger partial charge on any atom is -0.378 e. The van der Waals surface area contributed by atoms with Crippen LogP contribution >= 0.6 is 0 Å². The first kappa shape index (κ1) is 18.1. The van der Waals surface area contributed by atoms with Gasteiger partial charge in [0.05, 0.1) is 19.4 Å². The molecule has 0 spiro atoms. The van der Waals surface area contributed by atoms with Gasteiger partial charge in [-0.15, -0.1) is 0 Å². The van der Waals surface area contributed by atoms with Crippen LogP contribution in [0.2, 0.25) is 0 Å². The van der Waals surface area contributed by atoms with E-state index in [4.69, 9.17) is 4.74 Å². The van der Waals surface area contributed by atoms with E-state index in [2.05, 4.69) is 50.5 Å². The first-order valence-electron chi connectivity index (χ1n) is 9.66. The molecule has 0 bridgehead atoms. The third-order valence-electron chi connectivity index (χ3n) is 5.29. The lowest BCUT2D eigenvalue weighted by molar-refractivity contribution is 0.122. The molecule has 2 aliphatic rings. The number of benzene rings is 1. The fraction of sp³-hybridized carbons (Fsp3) is 0.500. The normalized spacial score (nSPS) is 20.8. The monoisotopic (exact) mass is 371 g/mol. The molecular weight excluding hydrogens is 345 g/mol. The second kappa shape index (κ2) is 8.63. The van der Waals surface area contributed by atoms with E-state index in [0.29, 0.717) is 44.0 Å². The highest BCUT2D eigenvalue weighted by atomic mass is 19.1. The maximum absolute atomic E-state index is 14.1. The Morgan fingerprint density at radius 3 is 2.78 bits per heavy atom. The molecule has 1 N–H and O–H groups in total. The van der Waals surface area contributed by atoms with Gasteiger partial charge in [0.15, 0.2) is 11.6 Å². The van der Waals surface area contributed by atoms with Crippen LogP contribution in [0.25, 0.3) is 0 Å². The molecule has 2 saturated heterocycles. The molecule has 4 rings (SSSR count). The van der Waals surface area contributed by atoms with Crippen molar-refractivity contribution in [3.8, 4) is 0 Å². The van der Waals surface area contributed by atoms with Crippen molar-refractivity contribution in [2.24, 2.45) is 0 Å². The van der Waals surface area contributed by atoms with Gasteiger partial charge in [-0.05, 0) is 24.4 Å². The Morgan fingerprint density at radius 2 is 1.96 bits per heavy atom. The van der Waals surface area contributed by atoms with E-state index in [0.717, 1.165) is 26.2 Å². The number of aromatic nitrogens is 2. The quantitative estimate of drug-likeness (QED) is 0.841. The minimum atomic E-state index is -0.382. The van der Waals surface area contributed by atoms with E-state index in [1.54, 1.807) is 0 Å². The zero-order valence-electron chi connectivity index (χ0n) is 15.5. The first-order valence-corrected chi connectivity index (χ1v) is 9.66. The molecule has 2 fully saturated rings. The van der Waals surface area contributed by atoms with Crippen LogP contribution in [0.1, 0.15) is 17.9 Å². The lowest BCUT2D eigenvalue weighted by Crippen LogP contribution is -2.37. The molecule has 1 aromatic carbocycles. The predicted octanol–water partition coefficient (Wildman–Crippen LogP) is 2.35. The molecule has 7 heteroatoms. The van der Waals surface area contributed by atoms with Crippen LogP contribution in [-0.2, 0) is 4.74 Å². The number of likely N-dealkylation sites (tertiary alicyclic amines) is 1. The summed E-state index contributed by atoms with van der Waals surface area (Å²) in [6.45, 7) is 6.36. The van der Waals surface area contributed by atoms with Crippen LogP contribution in [0.4, 0.5) is 16.2 Å². The van der Waals surface area contributed by atoms with Gasteiger partial charge in [0.1, 0.15) is 0 Å². The molecular formula is C20H26FN5O. The van der Waals surface area contributed by atoms with Crippen molar-refractivity contribution in [3.63, 3.8) is 0 Å². The van der Waals surface area contributed by atoms with Crippen LogP contribution in [0, 0.1) is 5.82 Å². The summed E-state index contributed by atoms with van der Waals surface area (Å²) >= 11 is 0. The molecule has 0 amide bonds. The number of nitrogens with zero attached hydrogens (tertiary/aromatic N) is 4. The Morgan fingerprint density at radius 1 is 1.15 bits per heavy atom. The molecule has 1 unspecified atom stereocenters. The number of hydrogen-bond donors (Lipinski definition) is 1. The van der Waals surface area contributed by atoms with Gasteiger partial charge in [-0.3, -0.25) is 0 Å². The molecule has 1 aromatic heterocycles. The van der Waals surface area contributed by atoms with Gasteiger partial charge in [0.25, 0.3) is 0 Å². The summed E-state index contributed by atoms with van der Waals surface area (Å²) in [6.07, 6.45) is 2.44. The topological polar surface area (TPSA) is 53.5 Å². The van der Waals surface area contributed by atoms with Crippen molar-refractivity contribution in [1.82, 2.24) is 14.9 Å². The van der Waals surface area contributed by atoms with Crippen molar-refractivity contribution >= 4 is 11.8 Å². The van der Waals surface area contributed by atoms with Crippen LogP contribution in [0.5, 0.6) is 0 Å². The molecule has 2 aromatic rings. The maximum Gasteiger partial charge on any atom is 0.224 e. The van der Waals surface area contributed by atoms with Crippen molar-refractivity contribution in [3.05, 3.63) is 47.9 Å². The standard InChI is InChI=1S/C20H26FN5O/c21-18-14-23-20(24-19(18)26-10-12-27-13-11-26)22-7-9-25-8-6-17(15-25)16-4-2-1-3-5-16/h1-5,14,17H,6-13,15H2,(H,22,23,24). The zero-order valence-corrected chi connectivity index (χ0v) is 15.5. The lowest BCUT2D eigenvalue weighted by Gasteiger charge is -2.28. The van der Waals surface area contributed by atoms with Gasteiger partial charge in [0, 0.05) is 32.7 Å². The smallest absolute Gasteiger partial charge is 0.224 e. The molecule has 2 aliphatic heterocycles. The van der Waals surface area contributed by atoms with Gasteiger partial charge in [-0.2, -0.15) is 4.98 Å². The summed E-state index contributed by atoms with van der Waals surface area (Å²) in [5, 5.41) is 3.24. The predicted molar refractivity (Wildman–Crippen MR) is 104 cm³/mol. The van der Waals surface area contributed by atoms with E-state index >= 15 is 0 Å². The van der Waals surface area contributed by atoms with Crippen molar-refractivity contribution < 1.29 is 9.13 Å². The maximum atomic E-state index is 14.1. The third kappa shape index (κ3) is 4.54. The van der Waals surface area contributed by atoms with Crippen molar-refractivity contribution in [1.29, 1.82) is 0 Å². The Bertz CT molecular complexity index is 738. The minimum absolute atomic E-state index is 0.362. The average Bonchev–Trinajstić information content (AvgIpc) is 3.19. The molecule has 0 aliphatic carbocycles. The Balaban J connectivity index is 1.28. The number of nitrogens with one attached hydrogen (secondary N) is 1. The van der Waals surface area contributed by atoms with E-state index in [9.17, 15) is 4.39 Å². The fourth-order valence-corrected chi connectivity index (χ4v) is 3.80. The average molecular weight is 371 g/mol. The summed E-state index contributed by atoms with van der Waals surface area (Å²) in [4.78, 5) is 12.8. The van der Waals surface area contributed by atoms with Gasteiger partial charge >= 0.3 is 0 Å². The van der Waals surface area contributed by atoms with Crippen LogP contribution in [0.3, 0.4) is 0 Å². The largest absolute Gasteiger partial charge is 0.378 e. The van der Waals surface area contributed by atoms with Gasteiger partial charge in [0.2, 0.25) is 5.95 Å². The molecule has 6 nitrogen and oxygen atoms in total. The lowest BCUT2D eigenvalue weighted by atomic mass is 9.99. The summed E-state index contributed by atoms with van der Waals surface area (Å²) in [5.41, 5.74) is 1.42. The molecule has 27 heavy (non-hydrogen) atoms.